The van der Waals surface area contributed by atoms with Crippen LogP contribution in [0.15, 0.2) is 18.2 Å². The third-order valence-corrected chi connectivity index (χ3v) is 6.40. The van der Waals surface area contributed by atoms with E-state index in [1.54, 1.807) is 0 Å². The van der Waals surface area contributed by atoms with Crippen molar-refractivity contribution in [3.05, 3.63) is 28.8 Å². The first-order valence-electron chi connectivity index (χ1n) is 9.97. The Morgan fingerprint density at radius 3 is 2.44 bits per heavy atom. The molecule has 7 heteroatoms. The highest BCUT2D eigenvalue weighted by Gasteiger charge is 2.26. The molecule has 148 valence electrons. The lowest BCUT2D eigenvalue weighted by molar-refractivity contribution is -0.896. The molecule has 0 spiro atoms. The van der Waals surface area contributed by atoms with E-state index in [0.29, 0.717) is 12.5 Å². The number of thiocarbonyl (C=S) groups is 1. The molecular weight excluding hydrogens is 380 g/mol. The molecular formula is C20H30ClN4OS+. The highest BCUT2D eigenvalue weighted by atomic mass is 35.5. The van der Waals surface area contributed by atoms with Gasteiger partial charge in [0.25, 0.3) is 5.91 Å². The van der Waals surface area contributed by atoms with Gasteiger partial charge in [-0.25, -0.2) is 0 Å². The molecule has 0 aliphatic carbocycles. The number of quaternary nitrogens is 1. The highest BCUT2D eigenvalue weighted by Crippen LogP contribution is 2.23. The number of hydrogen-bond donors (Lipinski definition) is 2. The fourth-order valence-corrected chi connectivity index (χ4v) is 4.25. The standard InChI is InChI=1S/C20H29ClN4OS/c1-16-17(21)7-6-8-18(16)22-20(27)25-13-11-23(12-14-25)15-19(26)24-9-4-2-3-5-10-24/h6-8H,2-5,9-15H2,1H3,(H,22,27)/p+1. The number of carbonyl (C=O) groups excluding carboxylic acids is 1. The molecule has 2 aliphatic rings. The SMILES string of the molecule is Cc1c(Cl)cccc1NC(=S)N1CC[NH+](CC(=O)N2CCCCCC2)CC1. The third-order valence-electron chi connectivity index (χ3n) is 5.63. The molecule has 1 aromatic rings. The van der Waals surface area contributed by atoms with Gasteiger partial charge < -0.3 is 20.0 Å². The summed E-state index contributed by atoms with van der Waals surface area (Å²) in [6, 6.07) is 5.81. The van der Waals surface area contributed by atoms with Crippen molar-refractivity contribution in [1.29, 1.82) is 0 Å². The molecule has 2 N–H and O–H groups in total. The zero-order valence-electron chi connectivity index (χ0n) is 16.1. The molecule has 0 saturated carbocycles. The van der Waals surface area contributed by atoms with Crippen molar-refractivity contribution < 1.29 is 9.69 Å². The molecule has 2 saturated heterocycles. The second-order valence-corrected chi connectivity index (χ2v) is 8.35. The average Bonchev–Trinajstić information content (AvgIpc) is 2.95. The Hall–Kier alpha value is -1.37. The Balaban J connectivity index is 1.46. The minimum absolute atomic E-state index is 0.315. The number of halogens is 1. The zero-order valence-corrected chi connectivity index (χ0v) is 17.7. The fourth-order valence-electron chi connectivity index (χ4n) is 3.79. The first-order valence-corrected chi connectivity index (χ1v) is 10.8. The van der Waals surface area contributed by atoms with Gasteiger partial charge in [-0.3, -0.25) is 4.79 Å². The van der Waals surface area contributed by atoms with Crippen LogP contribution >= 0.6 is 23.8 Å². The van der Waals surface area contributed by atoms with Crippen LogP contribution in [-0.4, -0.2) is 66.6 Å². The molecule has 2 aliphatic heterocycles. The Bertz CT molecular complexity index is 668. The largest absolute Gasteiger partial charge is 0.338 e. The van der Waals surface area contributed by atoms with Crippen molar-refractivity contribution >= 4 is 40.5 Å². The van der Waals surface area contributed by atoms with Crippen molar-refractivity contribution in [3.63, 3.8) is 0 Å². The fraction of sp³-hybridized carbons (Fsp3) is 0.600. The first-order chi connectivity index (χ1) is 13.0. The zero-order chi connectivity index (χ0) is 19.2. The van der Waals surface area contributed by atoms with E-state index < -0.39 is 0 Å². The van der Waals surface area contributed by atoms with E-state index in [9.17, 15) is 4.79 Å². The minimum Gasteiger partial charge on any atom is -0.338 e. The second-order valence-electron chi connectivity index (χ2n) is 7.55. The van der Waals surface area contributed by atoms with Crippen LogP contribution in [-0.2, 0) is 4.79 Å². The van der Waals surface area contributed by atoms with Crippen molar-refractivity contribution in [1.82, 2.24) is 9.80 Å². The lowest BCUT2D eigenvalue weighted by Crippen LogP contribution is -3.15. The van der Waals surface area contributed by atoms with Crippen molar-refractivity contribution in [2.75, 3.05) is 51.1 Å². The van der Waals surface area contributed by atoms with Gasteiger partial charge in [0.1, 0.15) is 0 Å². The van der Waals surface area contributed by atoms with Crippen LogP contribution in [0.4, 0.5) is 5.69 Å². The van der Waals surface area contributed by atoms with Crippen molar-refractivity contribution in [2.45, 2.75) is 32.6 Å². The average molecular weight is 410 g/mol. The normalized spacial score (nSPS) is 18.9. The van der Waals surface area contributed by atoms with Crippen LogP contribution in [0, 0.1) is 6.92 Å². The molecule has 0 atom stereocenters. The third kappa shape index (κ3) is 5.56. The molecule has 0 radical (unpaired) electrons. The molecule has 2 fully saturated rings. The monoisotopic (exact) mass is 409 g/mol. The van der Waals surface area contributed by atoms with Crippen LogP contribution in [0.5, 0.6) is 0 Å². The molecule has 1 amide bonds. The summed E-state index contributed by atoms with van der Waals surface area (Å²) in [6.07, 6.45) is 4.81. The summed E-state index contributed by atoms with van der Waals surface area (Å²) >= 11 is 11.8. The van der Waals surface area contributed by atoms with E-state index in [2.05, 4.69) is 15.1 Å². The first kappa shape index (κ1) is 20.4. The molecule has 0 bridgehead atoms. The molecule has 0 unspecified atom stereocenters. The quantitative estimate of drug-likeness (QED) is 0.748. The number of nitrogens with one attached hydrogen (secondary N) is 2. The number of likely N-dealkylation sites (tertiary alicyclic amines) is 1. The number of hydrogen-bond acceptors (Lipinski definition) is 2. The number of carbonyl (C=O) groups is 1. The Kier molecular flexibility index (Phi) is 7.33. The highest BCUT2D eigenvalue weighted by molar-refractivity contribution is 7.80. The summed E-state index contributed by atoms with van der Waals surface area (Å²) in [5.41, 5.74) is 1.97. The summed E-state index contributed by atoms with van der Waals surface area (Å²) in [7, 11) is 0. The molecule has 0 aromatic heterocycles. The maximum atomic E-state index is 12.6. The molecule has 27 heavy (non-hydrogen) atoms. The number of anilines is 1. The Morgan fingerprint density at radius 1 is 1.11 bits per heavy atom. The van der Waals surface area contributed by atoms with E-state index in [1.807, 2.05) is 25.1 Å². The Morgan fingerprint density at radius 2 is 1.78 bits per heavy atom. The summed E-state index contributed by atoms with van der Waals surface area (Å²) in [6.45, 7) is 8.09. The van der Waals surface area contributed by atoms with Crippen molar-refractivity contribution in [2.24, 2.45) is 0 Å². The van der Waals surface area contributed by atoms with Crippen LogP contribution in [0.25, 0.3) is 0 Å². The number of piperazine rings is 1. The molecule has 5 nitrogen and oxygen atoms in total. The number of benzene rings is 1. The van der Waals surface area contributed by atoms with Gasteiger partial charge in [-0.1, -0.05) is 30.5 Å². The van der Waals surface area contributed by atoms with Gasteiger partial charge in [-0.2, -0.15) is 0 Å². The maximum Gasteiger partial charge on any atom is 0.277 e. The molecule has 1 aromatic carbocycles. The van der Waals surface area contributed by atoms with Gasteiger partial charge in [-0.05, 0) is 49.7 Å². The van der Waals surface area contributed by atoms with E-state index in [1.165, 1.54) is 17.7 Å². The lowest BCUT2D eigenvalue weighted by atomic mass is 10.2. The molecule has 2 heterocycles. The number of amides is 1. The summed E-state index contributed by atoms with van der Waals surface area (Å²) in [4.78, 5) is 18.2. The Labute approximate surface area is 172 Å². The second kappa shape index (κ2) is 9.71. The van der Waals surface area contributed by atoms with E-state index in [4.69, 9.17) is 23.8 Å². The van der Waals surface area contributed by atoms with E-state index in [-0.39, 0.29) is 0 Å². The summed E-state index contributed by atoms with van der Waals surface area (Å²) < 4.78 is 0. The van der Waals surface area contributed by atoms with Gasteiger partial charge >= 0.3 is 0 Å². The van der Waals surface area contributed by atoms with Gasteiger partial charge in [0.15, 0.2) is 11.7 Å². The number of rotatable bonds is 3. The smallest absolute Gasteiger partial charge is 0.277 e. The van der Waals surface area contributed by atoms with Crippen LogP contribution in [0.3, 0.4) is 0 Å². The molecule has 3 rings (SSSR count). The van der Waals surface area contributed by atoms with E-state index in [0.717, 1.165) is 73.5 Å². The van der Waals surface area contributed by atoms with Crippen LogP contribution in [0.2, 0.25) is 5.02 Å². The van der Waals surface area contributed by atoms with Gasteiger partial charge in [0.05, 0.1) is 26.2 Å². The minimum atomic E-state index is 0.315. The predicted molar refractivity (Wildman–Crippen MR) is 115 cm³/mol. The maximum absolute atomic E-state index is 12.6. The van der Waals surface area contributed by atoms with E-state index >= 15 is 0 Å². The van der Waals surface area contributed by atoms with Gasteiger partial charge in [0.2, 0.25) is 0 Å². The summed E-state index contributed by atoms with van der Waals surface area (Å²) in [5, 5.41) is 4.80. The van der Waals surface area contributed by atoms with Gasteiger partial charge in [0, 0.05) is 23.8 Å². The van der Waals surface area contributed by atoms with Crippen molar-refractivity contribution in [3.8, 4) is 0 Å². The van der Waals surface area contributed by atoms with Gasteiger partial charge in [-0.15, -0.1) is 0 Å². The predicted octanol–water partition coefficient (Wildman–Crippen LogP) is 1.95. The van der Waals surface area contributed by atoms with Crippen LogP contribution < -0.4 is 10.2 Å². The number of nitrogens with zero attached hydrogens (tertiary/aromatic N) is 2. The van der Waals surface area contributed by atoms with Crippen LogP contribution in [0.1, 0.15) is 31.2 Å². The topological polar surface area (TPSA) is 40.0 Å². The summed E-state index contributed by atoms with van der Waals surface area (Å²) in [5.74, 6) is 0.315. The lowest BCUT2D eigenvalue weighted by Gasteiger charge is -2.34.